The summed E-state index contributed by atoms with van der Waals surface area (Å²) in [4.78, 5) is 5.07. The molecule has 46 heavy (non-hydrogen) atoms. The van der Waals surface area contributed by atoms with Crippen LogP contribution in [-0.2, 0) is 0 Å². The molecular weight excluding hydrogens is 566 g/mol. The van der Waals surface area contributed by atoms with Crippen molar-refractivity contribution >= 4 is 21.9 Å². The molecule has 2 aromatic heterocycles. The number of hydrogen-bond donors (Lipinski definition) is 0. The van der Waals surface area contributed by atoms with Crippen LogP contribution in [0, 0.1) is 0 Å². The minimum absolute atomic E-state index is 0.148. The highest BCUT2D eigenvalue weighted by Gasteiger charge is 2.20. The summed E-state index contributed by atoms with van der Waals surface area (Å²) in [5, 5.41) is 2.24. The molecule has 0 radical (unpaired) electrons. The number of furan rings is 1. The van der Waals surface area contributed by atoms with E-state index in [1.807, 2.05) is 66.7 Å². The zero-order chi connectivity index (χ0) is 30.5. The van der Waals surface area contributed by atoms with E-state index in [2.05, 4.69) is 84.9 Å². The topological polar surface area (TPSA) is 44.5 Å². The third-order valence-corrected chi connectivity index (χ3v) is 8.69. The molecule has 4 heteroatoms. The summed E-state index contributed by atoms with van der Waals surface area (Å²) in [6.07, 6.45) is 0. The lowest BCUT2D eigenvalue weighted by molar-refractivity contribution is 0.125. The maximum Gasteiger partial charge on any atom is 0.230 e. The van der Waals surface area contributed by atoms with Crippen molar-refractivity contribution in [2.75, 3.05) is 6.79 Å². The Hall–Kier alpha value is -6.13. The number of benzene rings is 6. The normalized spacial score (nSPS) is 12.2. The van der Waals surface area contributed by atoms with Crippen LogP contribution in [0.25, 0.3) is 77.8 Å². The zero-order valence-corrected chi connectivity index (χ0v) is 24.8. The smallest absolute Gasteiger partial charge is 0.230 e. The first-order chi connectivity index (χ1) is 22.8. The van der Waals surface area contributed by atoms with Crippen LogP contribution in [0.4, 0.5) is 0 Å². The standard InChI is InChI=1S/C42H27NO3/c1-3-9-27(10-4-1)37-23-32(24-38(43-37)28-11-5-2-6-12-28)30-17-20-40-36(22-30)35-21-29(16-19-39(35)44-26-45-40)31-15-18-34-33-13-7-8-14-41(33)46-42(34)25-31/h1-25H,26H2. The number of hydrogen-bond acceptors (Lipinski definition) is 4. The SMILES string of the molecule is c1ccc(-c2cc(-c3ccc4c(c3)-c3cc(-c5ccc6c(c5)oc5ccccc56)ccc3OCO4)cc(-c3ccccc3)n2)cc1. The maximum atomic E-state index is 6.20. The average Bonchev–Trinajstić information content (AvgIpc) is 3.40. The Bertz CT molecular complexity index is 2340. The lowest BCUT2D eigenvalue weighted by Gasteiger charge is -2.14. The Kier molecular flexibility index (Phi) is 6.17. The van der Waals surface area contributed by atoms with Gasteiger partial charge in [-0.15, -0.1) is 0 Å². The highest BCUT2D eigenvalue weighted by molar-refractivity contribution is 6.06. The molecule has 1 aliphatic heterocycles. The van der Waals surface area contributed by atoms with Gasteiger partial charge >= 0.3 is 0 Å². The fraction of sp³-hybridized carbons (Fsp3) is 0.0238. The van der Waals surface area contributed by atoms with E-state index in [4.69, 9.17) is 18.9 Å². The Morgan fingerprint density at radius 2 is 0.913 bits per heavy atom. The van der Waals surface area contributed by atoms with Crippen molar-refractivity contribution in [1.29, 1.82) is 0 Å². The van der Waals surface area contributed by atoms with Crippen molar-refractivity contribution in [3.8, 4) is 67.4 Å². The van der Waals surface area contributed by atoms with Gasteiger partial charge in [0, 0.05) is 33.0 Å². The fourth-order valence-electron chi connectivity index (χ4n) is 6.36. The molecule has 9 rings (SSSR count). The molecule has 1 aliphatic rings. The van der Waals surface area contributed by atoms with Crippen LogP contribution in [0.2, 0.25) is 0 Å². The first kappa shape index (κ1) is 26.3. The van der Waals surface area contributed by atoms with Crippen molar-refractivity contribution in [2.45, 2.75) is 0 Å². The number of nitrogens with zero attached hydrogens (tertiary/aromatic N) is 1. The lowest BCUT2D eigenvalue weighted by Crippen LogP contribution is -2.03. The molecular formula is C42H27NO3. The van der Waals surface area contributed by atoms with E-state index in [1.165, 1.54) is 0 Å². The fourth-order valence-corrected chi connectivity index (χ4v) is 6.36. The lowest BCUT2D eigenvalue weighted by atomic mass is 9.93. The minimum Gasteiger partial charge on any atom is -0.457 e. The molecule has 3 heterocycles. The molecule has 0 saturated carbocycles. The molecule has 0 bridgehead atoms. The molecule has 0 saturated heterocycles. The second-order valence-corrected chi connectivity index (χ2v) is 11.5. The number of pyridine rings is 1. The minimum atomic E-state index is 0.148. The second-order valence-electron chi connectivity index (χ2n) is 11.5. The average molecular weight is 594 g/mol. The van der Waals surface area contributed by atoms with E-state index < -0.39 is 0 Å². The van der Waals surface area contributed by atoms with Gasteiger partial charge in [-0.1, -0.05) is 97.1 Å². The molecule has 0 spiro atoms. The number of aromatic nitrogens is 1. The van der Waals surface area contributed by atoms with Crippen LogP contribution in [0.3, 0.4) is 0 Å². The molecule has 218 valence electrons. The summed E-state index contributed by atoms with van der Waals surface area (Å²) in [6, 6.07) is 52.2. The highest BCUT2D eigenvalue weighted by atomic mass is 16.7. The van der Waals surface area contributed by atoms with Crippen LogP contribution in [0.15, 0.2) is 156 Å². The van der Waals surface area contributed by atoms with E-state index in [1.54, 1.807) is 0 Å². The molecule has 0 N–H and O–H groups in total. The van der Waals surface area contributed by atoms with Crippen LogP contribution in [0.1, 0.15) is 0 Å². The molecule has 6 aromatic carbocycles. The first-order valence-electron chi connectivity index (χ1n) is 15.4. The summed E-state index contributed by atoms with van der Waals surface area (Å²) < 4.78 is 18.4. The van der Waals surface area contributed by atoms with Gasteiger partial charge < -0.3 is 13.9 Å². The van der Waals surface area contributed by atoms with Gasteiger partial charge in [0.2, 0.25) is 6.79 Å². The summed E-state index contributed by atoms with van der Waals surface area (Å²) in [5.74, 6) is 1.57. The predicted octanol–water partition coefficient (Wildman–Crippen LogP) is 11.0. The quantitative estimate of drug-likeness (QED) is 0.204. The van der Waals surface area contributed by atoms with Crippen molar-refractivity contribution < 1.29 is 13.9 Å². The van der Waals surface area contributed by atoms with E-state index in [9.17, 15) is 0 Å². The molecule has 0 amide bonds. The largest absolute Gasteiger partial charge is 0.457 e. The van der Waals surface area contributed by atoms with E-state index in [-0.39, 0.29) is 6.79 Å². The monoisotopic (exact) mass is 593 g/mol. The maximum absolute atomic E-state index is 6.20. The second kappa shape index (κ2) is 10.8. The van der Waals surface area contributed by atoms with Crippen molar-refractivity contribution in [1.82, 2.24) is 4.98 Å². The third-order valence-electron chi connectivity index (χ3n) is 8.69. The number of para-hydroxylation sites is 1. The Labute approximate surface area is 266 Å². The van der Waals surface area contributed by atoms with Crippen molar-refractivity contribution in [3.63, 3.8) is 0 Å². The van der Waals surface area contributed by atoms with Gasteiger partial charge in [0.1, 0.15) is 22.7 Å². The van der Waals surface area contributed by atoms with E-state index in [0.717, 1.165) is 89.3 Å². The van der Waals surface area contributed by atoms with Gasteiger partial charge in [0.15, 0.2) is 0 Å². The van der Waals surface area contributed by atoms with E-state index in [0.29, 0.717) is 0 Å². The Morgan fingerprint density at radius 1 is 0.391 bits per heavy atom. The summed E-state index contributed by atoms with van der Waals surface area (Å²) in [7, 11) is 0. The van der Waals surface area contributed by atoms with Gasteiger partial charge in [-0.25, -0.2) is 4.98 Å². The van der Waals surface area contributed by atoms with Crippen molar-refractivity contribution in [3.05, 3.63) is 152 Å². The number of fused-ring (bicyclic) bond motifs is 6. The number of ether oxygens (including phenoxy) is 2. The first-order valence-corrected chi connectivity index (χ1v) is 15.4. The van der Waals surface area contributed by atoms with E-state index >= 15 is 0 Å². The molecule has 8 aromatic rings. The van der Waals surface area contributed by atoms with Gasteiger partial charge in [-0.2, -0.15) is 0 Å². The van der Waals surface area contributed by atoms with Crippen molar-refractivity contribution in [2.24, 2.45) is 0 Å². The Morgan fingerprint density at radius 3 is 1.57 bits per heavy atom. The molecule has 0 atom stereocenters. The van der Waals surface area contributed by atoms with Gasteiger partial charge in [0.05, 0.1) is 11.4 Å². The van der Waals surface area contributed by atoms with Crippen LogP contribution >= 0.6 is 0 Å². The van der Waals surface area contributed by atoms with Crippen LogP contribution in [0.5, 0.6) is 11.5 Å². The highest BCUT2D eigenvalue weighted by Crippen LogP contribution is 2.44. The summed E-state index contributed by atoms with van der Waals surface area (Å²) in [6.45, 7) is 0.148. The van der Waals surface area contributed by atoms with Crippen LogP contribution in [-0.4, -0.2) is 11.8 Å². The number of rotatable bonds is 4. The Balaban J connectivity index is 1.17. The summed E-state index contributed by atoms with van der Waals surface area (Å²) >= 11 is 0. The predicted molar refractivity (Wildman–Crippen MR) is 185 cm³/mol. The molecule has 4 nitrogen and oxygen atoms in total. The molecule has 0 aliphatic carbocycles. The van der Waals surface area contributed by atoms with Gasteiger partial charge in [-0.05, 0) is 76.9 Å². The third kappa shape index (κ3) is 4.59. The summed E-state index contributed by atoms with van der Waals surface area (Å²) in [5.41, 5.74) is 12.0. The van der Waals surface area contributed by atoms with Gasteiger partial charge in [-0.3, -0.25) is 0 Å². The zero-order valence-electron chi connectivity index (χ0n) is 24.8. The van der Waals surface area contributed by atoms with Gasteiger partial charge in [0.25, 0.3) is 0 Å². The molecule has 0 fully saturated rings. The van der Waals surface area contributed by atoms with Crippen LogP contribution < -0.4 is 9.47 Å². The molecule has 0 unspecified atom stereocenters.